The first-order valence-corrected chi connectivity index (χ1v) is 8.51. The van der Waals surface area contributed by atoms with E-state index in [4.69, 9.17) is 4.98 Å². The number of rotatable bonds is 7. The summed E-state index contributed by atoms with van der Waals surface area (Å²) in [6, 6.07) is 11.0. The van der Waals surface area contributed by atoms with E-state index in [9.17, 15) is 0 Å². The molecule has 1 aromatic heterocycles. The van der Waals surface area contributed by atoms with E-state index in [0.717, 1.165) is 24.6 Å². The van der Waals surface area contributed by atoms with Crippen LogP contribution in [0.25, 0.3) is 0 Å². The summed E-state index contributed by atoms with van der Waals surface area (Å²) in [4.78, 5) is 8.50. The van der Waals surface area contributed by atoms with Gasteiger partial charge in [-0.05, 0) is 25.5 Å². The minimum Gasteiger partial charge on any atom is -0.318 e. The third-order valence-electron chi connectivity index (χ3n) is 3.39. The predicted molar refractivity (Wildman–Crippen MR) is 92.6 cm³/mol. The van der Waals surface area contributed by atoms with Crippen molar-refractivity contribution in [1.29, 1.82) is 0 Å². The van der Waals surface area contributed by atoms with Gasteiger partial charge in [0.25, 0.3) is 0 Å². The molecule has 21 heavy (non-hydrogen) atoms. The number of para-hydroxylation sites is 1. The van der Waals surface area contributed by atoms with Crippen molar-refractivity contribution in [3.05, 3.63) is 40.9 Å². The number of nitrogens with zero attached hydrogens (tertiary/aromatic N) is 2. The second-order valence-corrected chi connectivity index (χ2v) is 6.40. The summed E-state index contributed by atoms with van der Waals surface area (Å²) in [5, 5.41) is 4.60. The highest BCUT2D eigenvalue weighted by atomic mass is 32.1. The fourth-order valence-corrected chi connectivity index (χ4v) is 3.42. The number of thiazole rings is 1. The Labute approximate surface area is 132 Å². The maximum absolute atomic E-state index is 4.86. The minimum atomic E-state index is 0.497. The summed E-state index contributed by atoms with van der Waals surface area (Å²) in [5.41, 5.74) is 2.43. The van der Waals surface area contributed by atoms with Crippen LogP contribution in [0.4, 0.5) is 10.8 Å². The fourth-order valence-electron chi connectivity index (χ4n) is 2.23. The molecule has 0 atom stereocenters. The summed E-state index contributed by atoms with van der Waals surface area (Å²) >= 11 is 1.81. The zero-order chi connectivity index (χ0) is 15.2. The first-order valence-electron chi connectivity index (χ1n) is 7.70. The summed E-state index contributed by atoms with van der Waals surface area (Å²) in [7, 11) is 0. The molecule has 3 nitrogen and oxygen atoms in total. The maximum Gasteiger partial charge on any atom is 0.190 e. The molecule has 0 fully saturated rings. The molecule has 0 aliphatic carbocycles. The SMILES string of the molecule is CCc1nc(N(CC)c2ccccc2)sc1CNC(C)C. The molecule has 0 aliphatic rings. The lowest BCUT2D eigenvalue weighted by Crippen LogP contribution is -2.21. The molecule has 0 radical (unpaired) electrons. The van der Waals surface area contributed by atoms with E-state index < -0.39 is 0 Å². The zero-order valence-corrected chi connectivity index (χ0v) is 14.2. The van der Waals surface area contributed by atoms with Crippen molar-refractivity contribution in [3.8, 4) is 0 Å². The summed E-state index contributed by atoms with van der Waals surface area (Å²) < 4.78 is 0. The van der Waals surface area contributed by atoms with Gasteiger partial charge in [-0.2, -0.15) is 0 Å². The van der Waals surface area contributed by atoms with Crippen molar-refractivity contribution >= 4 is 22.2 Å². The van der Waals surface area contributed by atoms with Crippen molar-refractivity contribution in [2.24, 2.45) is 0 Å². The van der Waals surface area contributed by atoms with E-state index >= 15 is 0 Å². The van der Waals surface area contributed by atoms with Gasteiger partial charge in [0.2, 0.25) is 0 Å². The molecule has 4 heteroatoms. The Balaban J connectivity index is 2.26. The van der Waals surface area contributed by atoms with E-state index in [2.05, 4.69) is 68.2 Å². The predicted octanol–water partition coefficient (Wildman–Crippen LogP) is 4.36. The van der Waals surface area contributed by atoms with Crippen molar-refractivity contribution in [2.45, 2.75) is 46.7 Å². The van der Waals surface area contributed by atoms with Crippen molar-refractivity contribution < 1.29 is 0 Å². The lowest BCUT2D eigenvalue weighted by molar-refractivity contribution is 0.590. The Morgan fingerprint density at radius 1 is 1.19 bits per heavy atom. The largest absolute Gasteiger partial charge is 0.318 e. The van der Waals surface area contributed by atoms with Gasteiger partial charge in [-0.25, -0.2) is 4.98 Å². The van der Waals surface area contributed by atoms with Crippen LogP contribution in [-0.4, -0.2) is 17.6 Å². The third kappa shape index (κ3) is 4.05. The van der Waals surface area contributed by atoms with Crippen LogP contribution < -0.4 is 10.2 Å². The fraction of sp³-hybridized carbons (Fsp3) is 0.471. The number of anilines is 2. The van der Waals surface area contributed by atoms with E-state index in [1.165, 1.54) is 16.3 Å². The Kier molecular flexibility index (Phi) is 5.76. The molecule has 0 aliphatic heterocycles. The highest BCUT2D eigenvalue weighted by Gasteiger charge is 2.15. The average molecular weight is 303 g/mol. The molecular weight excluding hydrogens is 278 g/mol. The number of nitrogens with one attached hydrogen (secondary N) is 1. The van der Waals surface area contributed by atoms with Crippen LogP contribution in [0.2, 0.25) is 0 Å². The lowest BCUT2D eigenvalue weighted by atomic mass is 10.3. The van der Waals surface area contributed by atoms with Gasteiger partial charge in [0.05, 0.1) is 5.69 Å². The topological polar surface area (TPSA) is 28.2 Å². The zero-order valence-electron chi connectivity index (χ0n) is 13.4. The van der Waals surface area contributed by atoms with E-state index in [0.29, 0.717) is 6.04 Å². The van der Waals surface area contributed by atoms with Crippen molar-refractivity contribution in [1.82, 2.24) is 10.3 Å². The van der Waals surface area contributed by atoms with Gasteiger partial charge < -0.3 is 10.2 Å². The molecule has 0 amide bonds. The highest BCUT2D eigenvalue weighted by Crippen LogP contribution is 2.31. The smallest absolute Gasteiger partial charge is 0.190 e. The van der Waals surface area contributed by atoms with E-state index in [-0.39, 0.29) is 0 Å². The standard InChI is InChI=1S/C17H25N3S/c1-5-15-16(12-18-13(3)4)21-17(19-15)20(6-2)14-10-8-7-9-11-14/h7-11,13,18H,5-6,12H2,1-4H3. The molecule has 1 aromatic carbocycles. The number of hydrogen-bond acceptors (Lipinski definition) is 4. The van der Waals surface area contributed by atoms with Crippen molar-refractivity contribution in [2.75, 3.05) is 11.4 Å². The third-order valence-corrected chi connectivity index (χ3v) is 4.51. The van der Waals surface area contributed by atoms with Crippen LogP contribution in [0, 0.1) is 0 Å². The first kappa shape index (κ1) is 16.0. The molecule has 1 N–H and O–H groups in total. The summed E-state index contributed by atoms with van der Waals surface area (Å²) in [6.45, 7) is 10.5. The monoisotopic (exact) mass is 303 g/mol. The second-order valence-electron chi connectivity index (χ2n) is 5.34. The Morgan fingerprint density at radius 3 is 2.48 bits per heavy atom. The Bertz CT molecular complexity index is 548. The normalized spacial score (nSPS) is 11.1. The van der Waals surface area contributed by atoms with Crippen LogP contribution >= 0.6 is 11.3 Å². The number of aryl methyl sites for hydroxylation is 1. The maximum atomic E-state index is 4.86. The molecular formula is C17H25N3S. The van der Waals surface area contributed by atoms with E-state index in [1.807, 2.05) is 0 Å². The molecule has 2 aromatic rings. The number of hydrogen-bond donors (Lipinski definition) is 1. The van der Waals surface area contributed by atoms with Gasteiger partial charge in [-0.15, -0.1) is 0 Å². The molecule has 1 heterocycles. The molecule has 0 spiro atoms. The molecule has 0 unspecified atom stereocenters. The Morgan fingerprint density at radius 2 is 1.90 bits per heavy atom. The van der Waals surface area contributed by atoms with Crippen LogP contribution in [0.5, 0.6) is 0 Å². The summed E-state index contributed by atoms with van der Waals surface area (Å²) in [6.07, 6.45) is 0.984. The molecule has 0 bridgehead atoms. The molecule has 2 rings (SSSR count). The summed E-state index contributed by atoms with van der Waals surface area (Å²) in [5.74, 6) is 0. The molecule has 0 saturated carbocycles. The quantitative estimate of drug-likeness (QED) is 0.823. The van der Waals surface area contributed by atoms with Crippen molar-refractivity contribution in [3.63, 3.8) is 0 Å². The highest BCUT2D eigenvalue weighted by molar-refractivity contribution is 7.15. The first-order chi connectivity index (χ1) is 10.2. The lowest BCUT2D eigenvalue weighted by Gasteiger charge is -2.19. The van der Waals surface area contributed by atoms with Gasteiger partial charge in [0, 0.05) is 29.7 Å². The van der Waals surface area contributed by atoms with Gasteiger partial charge in [0.15, 0.2) is 5.13 Å². The average Bonchev–Trinajstić information content (AvgIpc) is 2.90. The van der Waals surface area contributed by atoms with Gasteiger partial charge in [-0.3, -0.25) is 0 Å². The number of aromatic nitrogens is 1. The Hall–Kier alpha value is -1.39. The minimum absolute atomic E-state index is 0.497. The van der Waals surface area contributed by atoms with Crippen LogP contribution in [-0.2, 0) is 13.0 Å². The van der Waals surface area contributed by atoms with Gasteiger partial charge >= 0.3 is 0 Å². The second kappa shape index (κ2) is 7.57. The van der Waals surface area contributed by atoms with Crippen LogP contribution in [0.1, 0.15) is 38.3 Å². The molecule has 114 valence electrons. The van der Waals surface area contributed by atoms with Crippen LogP contribution in [0.15, 0.2) is 30.3 Å². The van der Waals surface area contributed by atoms with Crippen LogP contribution in [0.3, 0.4) is 0 Å². The number of benzene rings is 1. The van der Waals surface area contributed by atoms with Gasteiger partial charge in [0.1, 0.15) is 0 Å². The van der Waals surface area contributed by atoms with E-state index in [1.54, 1.807) is 11.3 Å². The molecule has 0 saturated heterocycles. The van der Waals surface area contributed by atoms with Gasteiger partial charge in [-0.1, -0.05) is 50.3 Å².